The van der Waals surface area contributed by atoms with Gasteiger partial charge in [0, 0.05) is 13.2 Å². The van der Waals surface area contributed by atoms with E-state index >= 15 is 0 Å². The molecule has 0 bridgehead atoms. The van der Waals surface area contributed by atoms with E-state index in [2.05, 4.69) is 45.9 Å². The minimum absolute atomic E-state index is 0.257. The van der Waals surface area contributed by atoms with E-state index in [1.54, 1.807) is 0 Å². The highest BCUT2D eigenvalue weighted by atomic mass is 16.7. The molecule has 2 saturated heterocycles. The van der Waals surface area contributed by atoms with Crippen LogP contribution in [0.25, 0.3) is 0 Å². The molecular weight excluding hydrogens is 299 g/mol. The van der Waals surface area contributed by atoms with Crippen molar-refractivity contribution in [3.8, 4) is 0 Å². The molecule has 0 amide bonds. The van der Waals surface area contributed by atoms with Gasteiger partial charge in [-0.05, 0) is 81.8 Å². The molecule has 4 rings (SSSR count). The molecule has 3 nitrogen and oxygen atoms in total. The van der Waals surface area contributed by atoms with Crippen molar-refractivity contribution in [3.63, 3.8) is 0 Å². The topological polar surface area (TPSA) is 27.7 Å². The van der Waals surface area contributed by atoms with Gasteiger partial charge in [-0.15, -0.1) is 0 Å². The summed E-state index contributed by atoms with van der Waals surface area (Å²) in [5, 5.41) is 0. The molecule has 1 aliphatic carbocycles. The van der Waals surface area contributed by atoms with Crippen LogP contribution in [0.4, 0.5) is 0 Å². The van der Waals surface area contributed by atoms with E-state index in [1.165, 1.54) is 29.4 Å². The Hall–Kier alpha value is -0.835. The van der Waals surface area contributed by atoms with Gasteiger partial charge in [0.1, 0.15) is 0 Å². The molecule has 1 saturated carbocycles. The molecule has 3 aliphatic rings. The van der Waals surface area contributed by atoms with Crippen molar-refractivity contribution in [1.29, 1.82) is 0 Å². The Bertz CT molecular complexity index is 599. The zero-order valence-corrected chi connectivity index (χ0v) is 15.4. The van der Waals surface area contributed by atoms with Crippen molar-refractivity contribution in [1.82, 2.24) is 0 Å². The number of hydrogen-bond donors (Lipinski definition) is 0. The van der Waals surface area contributed by atoms with Crippen molar-refractivity contribution in [2.45, 2.75) is 76.4 Å². The van der Waals surface area contributed by atoms with E-state index in [9.17, 15) is 0 Å². The maximum atomic E-state index is 6.30. The van der Waals surface area contributed by atoms with Crippen LogP contribution >= 0.6 is 0 Å². The van der Waals surface area contributed by atoms with Crippen molar-refractivity contribution in [2.24, 2.45) is 0 Å². The molecule has 24 heavy (non-hydrogen) atoms. The summed E-state index contributed by atoms with van der Waals surface area (Å²) in [6.07, 6.45) is 4.88. The first-order valence-corrected chi connectivity index (χ1v) is 9.44. The lowest BCUT2D eigenvalue weighted by atomic mass is 9.75. The van der Waals surface area contributed by atoms with Crippen molar-refractivity contribution in [2.75, 3.05) is 13.2 Å². The van der Waals surface area contributed by atoms with Gasteiger partial charge in [0.2, 0.25) is 0 Å². The first-order chi connectivity index (χ1) is 11.4. The summed E-state index contributed by atoms with van der Waals surface area (Å²) >= 11 is 0. The van der Waals surface area contributed by atoms with Crippen molar-refractivity contribution < 1.29 is 14.0 Å². The maximum Gasteiger partial charge on any atom is 0.494 e. The molecular formula is C20H29BO3. The molecule has 0 aromatic heterocycles. The van der Waals surface area contributed by atoms with Crippen LogP contribution < -0.4 is 5.46 Å². The van der Waals surface area contributed by atoms with E-state index in [-0.39, 0.29) is 18.3 Å². The Morgan fingerprint density at radius 2 is 1.29 bits per heavy atom. The molecule has 3 fully saturated rings. The lowest BCUT2D eigenvalue weighted by Crippen LogP contribution is -2.41. The zero-order chi connectivity index (χ0) is 16.9. The minimum Gasteiger partial charge on any atom is -0.399 e. The van der Waals surface area contributed by atoms with E-state index < -0.39 is 0 Å². The Kier molecular flexibility index (Phi) is 4.06. The fourth-order valence-electron chi connectivity index (χ4n) is 3.74. The summed E-state index contributed by atoms with van der Waals surface area (Å²) in [7, 11) is -0.257. The molecule has 0 unspecified atom stereocenters. The highest BCUT2D eigenvalue weighted by Gasteiger charge is 2.52. The summed E-state index contributed by atoms with van der Waals surface area (Å²) in [5.41, 5.74) is 3.55. The zero-order valence-electron chi connectivity index (χ0n) is 15.4. The van der Waals surface area contributed by atoms with Crippen LogP contribution in [-0.4, -0.2) is 31.5 Å². The van der Waals surface area contributed by atoms with Crippen LogP contribution in [0.1, 0.15) is 76.3 Å². The fourth-order valence-corrected chi connectivity index (χ4v) is 3.74. The normalized spacial score (nSPS) is 26.8. The molecule has 2 aliphatic heterocycles. The molecule has 0 radical (unpaired) electrons. The van der Waals surface area contributed by atoms with E-state index in [0.29, 0.717) is 5.92 Å². The number of rotatable bonds is 3. The van der Waals surface area contributed by atoms with Gasteiger partial charge in [0.25, 0.3) is 0 Å². The van der Waals surface area contributed by atoms with Crippen LogP contribution in [0.15, 0.2) is 18.2 Å². The van der Waals surface area contributed by atoms with Gasteiger partial charge >= 0.3 is 7.12 Å². The first-order valence-electron chi connectivity index (χ1n) is 9.44. The summed E-state index contributed by atoms with van der Waals surface area (Å²) in [5.74, 6) is 1.35. The minimum atomic E-state index is -0.286. The molecule has 1 aromatic rings. The van der Waals surface area contributed by atoms with Gasteiger partial charge in [-0.1, -0.05) is 18.2 Å². The van der Waals surface area contributed by atoms with Crippen LogP contribution in [0, 0.1) is 0 Å². The number of ether oxygens (including phenoxy) is 1. The maximum absolute atomic E-state index is 6.30. The van der Waals surface area contributed by atoms with Crippen LogP contribution in [0.5, 0.6) is 0 Å². The van der Waals surface area contributed by atoms with Crippen LogP contribution in [0.3, 0.4) is 0 Å². The lowest BCUT2D eigenvalue weighted by molar-refractivity contribution is 0.00578. The summed E-state index contributed by atoms with van der Waals surface area (Å²) in [6, 6.07) is 7.08. The smallest absolute Gasteiger partial charge is 0.399 e. The fraction of sp³-hybridized carbons (Fsp3) is 0.700. The quantitative estimate of drug-likeness (QED) is 0.791. The van der Waals surface area contributed by atoms with E-state index in [4.69, 9.17) is 14.0 Å². The van der Waals surface area contributed by atoms with Gasteiger partial charge in [-0.3, -0.25) is 0 Å². The standard InChI is InChI=1S/C20H29BO3/c1-19(2)20(3,4)24-21(23-19)18-12-16(14-5-6-14)11-17(13-18)15-7-9-22-10-8-15/h11-15H,5-10H2,1-4H3. The van der Waals surface area contributed by atoms with Gasteiger partial charge in [-0.2, -0.15) is 0 Å². The predicted molar refractivity (Wildman–Crippen MR) is 96.9 cm³/mol. The second kappa shape index (κ2) is 5.86. The molecule has 2 heterocycles. The number of benzene rings is 1. The van der Waals surface area contributed by atoms with Gasteiger partial charge < -0.3 is 14.0 Å². The monoisotopic (exact) mass is 328 g/mol. The highest BCUT2D eigenvalue weighted by Crippen LogP contribution is 2.42. The molecule has 1 aromatic carbocycles. The average Bonchev–Trinajstić information content (AvgIpc) is 3.36. The average molecular weight is 328 g/mol. The third-order valence-corrected chi connectivity index (χ3v) is 6.27. The molecule has 0 N–H and O–H groups in total. The van der Waals surface area contributed by atoms with Crippen molar-refractivity contribution in [3.05, 3.63) is 29.3 Å². The van der Waals surface area contributed by atoms with E-state index in [1.807, 2.05) is 0 Å². The highest BCUT2D eigenvalue weighted by molar-refractivity contribution is 6.62. The van der Waals surface area contributed by atoms with Gasteiger partial charge in [-0.25, -0.2) is 0 Å². The summed E-state index contributed by atoms with van der Waals surface area (Å²) in [4.78, 5) is 0. The Morgan fingerprint density at radius 1 is 0.792 bits per heavy atom. The molecule has 0 atom stereocenters. The predicted octanol–water partition coefficient (Wildman–Crippen LogP) is 3.76. The van der Waals surface area contributed by atoms with E-state index in [0.717, 1.165) is 32.0 Å². The first kappa shape index (κ1) is 16.6. The second-order valence-corrected chi connectivity index (χ2v) is 8.68. The molecule has 4 heteroatoms. The summed E-state index contributed by atoms with van der Waals surface area (Å²) in [6.45, 7) is 10.2. The van der Waals surface area contributed by atoms with Crippen molar-refractivity contribution >= 4 is 12.6 Å². The summed E-state index contributed by atoms with van der Waals surface area (Å²) < 4.78 is 18.1. The van der Waals surface area contributed by atoms with Gasteiger partial charge in [0.15, 0.2) is 0 Å². The lowest BCUT2D eigenvalue weighted by Gasteiger charge is -2.32. The SMILES string of the molecule is CC1(C)OB(c2cc(C3CCOCC3)cc(C3CC3)c2)OC1(C)C. The Labute approximate surface area is 146 Å². The Morgan fingerprint density at radius 3 is 1.79 bits per heavy atom. The van der Waals surface area contributed by atoms with Crippen LogP contribution in [0.2, 0.25) is 0 Å². The molecule has 130 valence electrons. The third kappa shape index (κ3) is 3.04. The number of hydrogen-bond acceptors (Lipinski definition) is 3. The largest absolute Gasteiger partial charge is 0.494 e. The third-order valence-electron chi connectivity index (χ3n) is 6.27. The van der Waals surface area contributed by atoms with Crippen LogP contribution in [-0.2, 0) is 14.0 Å². The van der Waals surface area contributed by atoms with Gasteiger partial charge in [0.05, 0.1) is 11.2 Å². The second-order valence-electron chi connectivity index (χ2n) is 8.68. The molecule has 0 spiro atoms. The Balaban J connectivity index is 1.66.